The molecule has 120 valence electrons. The third kappa shape index (κ3) is 3.50. The number of piperazine rings is 1. The Labute approximate surface area is 142 Å². The maximum Gasteiger partial charge on any atom is 0.253 e. The maximum absolute atomic E-state index is 12.5. The Bertz CT molecular complexity index is 676. The molecule has 0 N–H and O–H groups in total. The van der Waals surface area contributed by atoms with Crippen molar-refractivity contribution in [1.82, 2.24) is 4.90 Å². The Kier molecular flexibility index (Phi) is 4.87. The van der Waals surface area contributed by atoms with E-state index < -0.39 is 0 Å². The van der Waals surface area contributed by atoms with Crippen molar-refractivity contribution < 1.29 is 4.79 Å². The van der Waals surface area contributed by atoms with Crippen molar-refractivity contribution >= 4 is 23.2 Å². The predicted octanol–water partition coefficient (Wildman–Crippen LogP) is 3.86. The number of hydrogen-bond acceptors (Lipinski definition) is 2. The summed E-state index contributed by atoms with van der Waals surface area (Å²) in [6.07, 6.45) is 1.03. The Balaban J connectivity index is 1.66. The summed E-state index contributed by atoms with van der Waals surface area (Å²) < 4.78 is 0. The molecule has 3 rings (SSSR count). The fourth-order valence-corrected chi connectivity index (χ4v) is 3.17. The number of rotatable bonds is 3. The molecule has 2 aromatic rings. The van der Waals surface area contributed by atoms with Crippen molar-refractivity contribution in [3.8, 4) is 0 Å². The van der Waals surface area contributed by atoms with Crippen LogP contribution < -0.4 is 4.90 Å². The Morgan fingerprint density at radius 2 is 1.65 bits per heavy atom. The number of benzene rings is 2. The average molecular weight is 329 g/mol. The molecular weight excluding hydrogens is 308 g/mol. The van der Waals surface area contributed by atoms with Crippen LogP contribution in [-0.2, 0) is 6.42 Å². The van der Waals surface area contributed by atoms with Gasteiger partial charge in [-0.2, -0.15) is 0 Å². The molecule has 0 atom stereocenters. The molecule has 0 aromatic heterocycles. The van der Waals surface area contributed by atoms with Crippen molar-refractivity contribution in [2.24, 2.45) is 0 Å². The zero-order chi connectivity index (χ0) is 16.2. The molecule has 2 aromatic carbocycles. The van der Waals surface area contributed by atoms with Crippen LogP contribution in [0, 0.1) is 0 Å². The van der Waals surface area contributed by atoms with E-state index in [9.17, 15) is 4.79 Å². The van der Waals surface area contributed by atoms with E-state index in [2.05, 4.69) is 36.1 Å². The van der Waals surface area contributed by atoms with Crippen molar-refractivity contribution in [3.05, 3.63) is 64.7 Å². The third-order valence-electron chi connectivity index (χ3n) is 4.37. The highest BCUT2D eigenvalue weighted by molar-refractivity contribution is 6.30. The Hall–Kier alpha value is -2.00. The van der Waals surface area contributed by atoms with Crippen LogP contribution in [0.4, 0.5) is 5.69 Å². The summed E-state index contributed by atoms with van der Waals surface area (Å²) in [5, 5.41) is 0.655. The quantitative estimate of drug-likeness (QED) is 0.854. The van der Waals surface area contributed by atoms with Crippen LogP contribution in [0.5, 0.6) is 0 Å². The van der Waals surface area contributed by atoms with Crippen LogP contribution in [0.2, 0.25) is 5.02 Å². The Morgan fingerprint density at radius 3 is 2.30 bits per heavy atom. The van der Waals surface area contributed by atoms with Gasteiger partial charge < -0.3 is 9.80 Å². The highest BCUT2D eigenvalue weighted by Crippen LogP contribution is 2.23. The molecule has 0 unspecified atom stereocenters. The van der Waals surface area contributed by atoms with Gasteiger partial charge in [-0.3, -0.25) is 4.79 Å². The van der Waals surface area contributed by atoms with E-state index >= 15 is 0 Å². The summed E-state index contributed by atoms with van der Waals surface area (Å²) in [6, 6.07) is 15.6. The summed E-state index contributed by atoms with van der Waals surface area (Å²) in [5.74, 6) is 0.0880. The molecular formula is C19H21ClN2O. The molecule has 0 saturated carbocycles. The first-order valence-electron chi connectivity index (χ1n) is 8.06. The molecule has 1 amide bonds. The van der Waals surface area contributed by atoms with Crippen LogP contribution in [0.3, 0.4) is 0 Å². The molecule has 0 spiro atoms. The van der Waals surface area contributed by atoms with Gasteiger partial charge >= 0.3 is 0 Å². The van der Waals surface area contributed by atoms with Gasteiger partial charge in [-0.1, -0.05) is 36.7 Å². The summed E-state index contributed by atoms with van der Waals surface area (Å²) in [6.45, 7) is 5.42. The minimum absolute atomic E-state index is 0.0880. The van der Waals surface area contributed by atoms with Crippen molar-refractivity contribution in [2.45, 2.75) is 13.3 Å². The second-order valence-electron chi connectivity index (χ2n) is 5.77. The van der Waals surface area contributed by atoms with Gasteiger partial charge in [0.25, 0.3) is 5.91 Å². The molecule has 23 heavy (non-hydrogen) atoms. The van der Waals surface area contributed by atoms with Crippen LogP contribution in [0.15, 0.2) is 48.5 Å². The van der Waals surface area contributed by atoms with Gasteiger partial charge in [-0.15, -0.1) is 0 Å². The summed E-state index contributed by atoms with van der Waals surface area (Å²) in [7, 11) is 0. The number of hydrogen-bond donors (Lipinski definition) is 0. The number of nitrogens with zero attached hydrogens (tertiary/aromatic N) is 2. The van der Waals surface area contributed by atoms with Gasteiger partial charge in [0, 0.05) is 42.5 Å². The smallest absolute Gasteiger partial charge is 0.253 e. The molecule has 0 aliphatic carbocycles. The number of carbonyl (C=O) groups is 1. The molecule has 1 aliphatic rings. The molecule has 4 heteroatoms. The molecule has 1 fully saturated rings. The van der Waals surface area contributed by atoms with E-state index in [4.69, 9.17) is 11.6 Å². The fraction of sp³-hybridized carbons (Fsp3) is 0.316. The van der Waals surface area contributed by atoms with Gasteiger partial charge in [0.1, 0.15) is 0 Å². The lowest BCUT2D eigenvalue weighted by Crippen LogP contribution is -2.49. The van der Waals surface area contributed by atoms with Crippen molar-refractivity contribution in [2.75, 3.05) is 31.1 Å². The highest BCUT2D eigenvalue weighted by Gasteiger charge is 2.23. The highest BCUT2D eigenvalue weighted by atomic mass is 35.5. The standard InChI is InChI=1S/C19H21ClN2O/c1-2-15-5-3-4-6-18(15)21-11-13-22(14-12-21)19(23)16-7-9-17(20)10-8-16/h3-10H,2,11-14H2,1H3. The fourth-order valence-electron chi connectivity index (χ4n) is 3.04. The summed E-state index contributed by atoms with van der Waals surface area (Å²) >= 11 is 5.89. The zero-order valence-electron chi connectivity index (χ0n) is 13.3. The SMILES string of the molecule is CCc1ccccc1N1CCN(C(=O)c2ccc(Cl)cc2)CC1. The number of aryl methyl sites for hydroxylation is 1. The molecule has 1 heterocycles. The van der Waals surface area contributed by atoms with E-state index in [1.54, 1.807) is 24.3 Å². The molecule has 0 radical (unpaired) electrons. The predicted molar refractivity (Wildman–Crippen MR) is 95.4 cm³/mol. The Morgan fingerprint density at radius 1 is 1.00 bits per heavy atom. The second kappa shape index (κ2) is 7.05. The van der Waals surface area contributed by atoms with Gasteiger partial charge in [0.05, 0.1) is 0 Å². The van der Waals surface area contributed by atoms with Crippen LogP contribution in [0.25, 0.3) is 0 Å². The number of anilines is 1. The molecule has 3 nitrogen and oxygen atoms in total. The minimum Gasteiger partial charge on any atom is -0.368 e. The second-order valence-corrected chi connectivity index (χ2v) is 6.20. The van der Waals surface area contributed by atoms with E-state index in [0.29, 0.717) is 10.6 Å². The number of para-hydroxylation sites is 1. The third-order valence-corrected chi connectivity index (χ3v) is 4.62. The van der Waals surface area contributed by atoms with Gasteiger partial charge in [-0.25, -0.2) is 0 Å². The van der Waals surface area contributed by atoms with Crippen LogP contribution in [-0.4, -0.2) is 37.0 Å². The zero-order valence-corrected chi connectivity index (χ0v) is 14.1. The van der Waals surface area contributed by atoms with Gasteiger partial charge in [0.15, 0.2) is 0 Å². The topological polar surface area (TPSA) is 23.6 Å². The van der Waals surface area contributed by atoms with Crippen LogP contribution >= 0.6 is 11.6 Å². The average Bonchev–Trinajstić information content (AvgIpc) is 2.62. The van der Waals surface area contributed by atoms with E-state index in [1.807, 2.05) is 4.90 Å². The molecule has 1 saturated heterocycles. The maximum atomic E-state index is 12.5. The lowest BCUT2D eigenvalue weighted by molar-refractivity contribution is 0.0747. The number of carbonyl (C=O) groups excluding carboxylic acids is 1. The first-order chi connectivity index (χ1) is 11.2. The summed E-state index contributed by atoms with van der Waals surface area (Å²) in [5.41, 5.74) is 3.37. The normalized spacial score (nSPS) is 14.9. The van der Waals surface area contributed by atoms with Crippen molar-refractivity contribution in [3.63, 3.8) is 0 Å². The van der Waals surface area contributed by atoms with Crippen molar-refractivity contribution in [1.29, 1.82) is 0 Å². The summed E-state index contributed by atoms with van der Waals surface area (Å²) in [4.78, 5) is 16.8. The lowest BCUT2D eigenvalue weighted by atomic mass is 10.1. The van der Waals surface area contributed by atoms with E-state index in [-0.39, 0.29) is 5.91 Å². The molecule has 1 aliphatic heterocycles. The van der Waals surface area contributed by atoms with Gasteiger partial charge in [0.2, 0.25) is 0 Å². The largest absolute Gasteiger partial charge is 0.368 e. The number of amides is 1. The first-order valence-corrected chi connectivity index (χ1v) is 8.44. The monoisotopic (exact) mass is 328 g/mol. The number of halogens is 1. The first kappa shape index (κ1) is 15.9. The van der Waals surface area contributed by atoms with E-state index in [1.165, 1.54) is 11.3 Å². The van der Waals surface area contributed by atoms with Crippen LogP contribution in [0.1, 0.15) is 22.8 Å². The van der Waals surface area contributed by atoms with Gasteiger partial charge in [-0.05, 0) is 42.3 Å². The van der Waals surface area contributed by atoms with E-state index in [0.717, 1.165) is 32.6 Å². The minimum atomic E-state index is 0.0880. The molecule has 0 bridgehead atoms. The lowest BCUT2D eigenvalue weighted by Gasteiger charge is -2.37.